The first-order valence-corrected chi connectivity index (χ1v) is 6.53. The molecule has 0 amide bonds. The maximum Gasteiger partial charge on any atom is 0.197 e. The van der Waals surface area contributed by atoms with Crippen LogP contribution < -0.4 is 11.1 Å². The number of thioether (sulfide) groups is 1. The normalized spacial score (nSPS) is 42.9. The molecule has 5 N–H and O–H groups in total. The van der Waals surface area contributed by atoms with Gasteiger partial charge in [-0.1, -0.05) is 6.92 Å². The van der Waals surface area contributed by atoms with Crippen LogP contribution in [-0.4, -0.2) is 38.6 Å². The lowest BCUT2D eigenvalue weighted by Crippen LogP contribution is -2.56. The molecule has 0 radical (unpaired) electrons. The van der Waals surface area contributed by atoms with Gasteiger partial charge in [0.15, 0.2) is 15.8 Å². The number of nitrogens with zero attached hydrogens (tertiary/aromatic N) is 1. The number of nitrogens with one attached hydrogen (secondary N) is 1. The van der Waals surface area contributed by atoms with Crippen LogP contribution in [0.3, 0.4) is 0 Å². The van der Waals surface area contributed by atoms with Crippen LogP contribution in [0.25, 0.3) is 0 Å². The number of amidine groups is 1. The van der Waals surface area contributed by atoms with Crippen LogP contribution in [0.2, 0.25) is 0 Å². The van der Waals surface area contributed by atoms with Crippen LogP contribution in [-0.2, 0) is 0 Å². The maximum absolute atomic E-state index is 10.4. The summed E-state index contributed by atoms with van der Waals surface area (Å²) in [5.74, 6) is 0. The fourth-order valence-corrected chi connectivity index (χ4v) is 3.48. The highest BCUT2D eigenvalue weighted by atomic mass is 32.2. The number of fused-ring (bicyclic) bond motifs is 1. The molecule has 0 spiro atoms. The summed E-state index contributed by atoms with van der Waals surface area (Å²) in [5, 5.41) is 24.3. The molecule has 92 valence electrons. The third-order valence-electron chi connectivity index (χ3n) is 3.24. The van der Waals surface area contributed by atoms with Crippen molar-refractivity contribution < 1.29 is 10.2 Å². The van der Waals surface area contributed by atoms with Gasteiger partial charge in [0.25, 0.3) is 0 Å². The number of rotatable bonds is 3. The molecule has 0 bridgehead atoms. The van der Waals surface area contributed by atoms with Crippen LogP contribution in [0.4, 0.5) is 0 Å². The molecule has 0 saturated heterocycles. The molecule has 16 heavy (non-hydrogen) atoms. The van der Waals surface area contributed by atoms with Crippen LogP contribution in [0, 0.1) is 0 Å². The van der Waals surface area contributed by atoms with Gasteiger partial charge in [-0.3, -0.25) is 0 Å². The van der Waals surface area contributed by atoms with Gasteiger partial charge in [0.05, 0.1) is 0 Å². The zero-order valence-electron chi connectivity index (χ0n) is 9.44. The van der Waals surface area contributed by atoms with Gasteiger partial charge in [0, 0.05) is 18.9 Å². The predicted octanol–water partition coefficient (Wildman–Crippen LogP) is -0.0228. The van der Waals surface area contributed by atoms with Gasteiger partial charge < -0.3 is 21.3 Å². The molecular weight excluding hydrogens is 226 g/mol. The monoisotopic (exact) mass is 245 g/mol. The van der Waals surface area contributed by atoms with Crippen molar-refractivity contribution in [2.75, 3.05) is 6.54 Å². The highest BCUT2D eigenvalue weighted by molar-refractivity contribution is 8.15. The molecule has 2 unspecified atom stereocenters. The smallest absolute Gasteiger partial charge is 0.197 e. The molecule has 5 nitrogen and oxygen atoms in total. The Balaban J connectivity index is 2.04. The molecule has 0 aromatic rings. The van der Waals surface area contributed by atoms with Gasteiger partial charge in [-0.2, -0.15) is 0 Å². The second-order valence-electron chi connectivity index (χ2n) is 4.55. The zero-order valence-corrected chi connectivity index (χ0v) is 10.3. The average Bonchev–Trinajstić information content (AvgIpc) is 2.43. The highest BCUT2D eigenvalue weighted by Crippen LogP contribution is 2.49. The first-order valence-electron chi connectivity index (χ1n) is 5.71. The minimum atomic E-state index is -1.38. The van der Waals surface area contributed by atoms with Gasteiger partial charge in [-0.05, 0) is 31.1 Å². The Hall–Kier alpha value is -0.300. The third-order valence-corrected chi connectivity index (χ3v) is 4.37. The summed E-state index contributed by atoms with van der Waals surface area (Å²) in [6.45, 7) is 3.03. The Morgan fingerprint density at radius 3 is 3.06 bits per heavy atom. The van der Waals surface area contributed by atoms with Crippen LogP contribution in [0.15, 0.2) is 4.99 Å². The van der Waals surface area contributed by atoms with E-state index in [1.165, 1.54) is 0 Å². The minimum Gasteiger partial charge on any atom is -0.378 e. The Kier molecular flexibility index (Phi) is 3.18. The standard InChI is InChI=1S/C10H19N3O2S/c1-2-5-12-7-3-4-9(14)10(15,6-7)16-8(11)13-9/h7,12,14-15H,2-6H2,1H3,(H2,11,13)/t7-,9?,10?/m0/s1. The SMILES string of the molecule is CCCN[C@H]1CCC2(O)N=C(N)SC2(O)C1. The topological polar surface area (TPSA) is 90.9 Å². The lowest BCUT2D eigenvalue weighted by molar-refractivity contribution is -0.117. The van der Waals surface area contributed by atoms with Gasteiger partial charge in [-0.15, -0.1) is 0 Å². The van der Waals surface area contributed by atoms with Crippen molar-refractivity contribution in [1.82, 2.24) is 5.32 Å². The molecule has 2 aliphatic rings. The predicted molar refractivity (Wildman–Crippen MR) is 65.0 cm³/mol. The summed E-state index contributed by atoms with van der Waals surface area (Å²) in [4.78, 5) is 2.71. The second kappa shape index (κ2) is 4.18. The summed E-state index contributed by atoms with van der Waals surface area (Å²) in [6, 6.07) is 0.235. The molecule has 3 atom stereocenters. The van der Waals surface area contributed by atoms with E-state index in [0.717, 1.165) is 31.1 Å². The van der Waals surface area contributed by atoms with E-state index in [0.29, 0.717) is 12.8 Å². The fraction of sp³-hybridized carbons (Fsp3) is 0.900. The molecule has 2 rings (SSSR count). The Morgan fingerprint density at radius 2 is 2.38 bits per heavy atom. The van der Waals surface area contributed by atoms with E-state index < -0.39 is 10.7 Å². The van der Waals surface area contributed by atoms with Crippen molar-refractivity contribution >= 4 is 16.9 Å². The lowest BCUT2D eigenvalue weighted by Gasteiger charge is -2.42. The summed E-state index contributed by atoms with van der Waals surface area (Å²) in [7, 11) is 0. The maximum atomic E-state index is 10.4. The molecule has 0 aromatic heterocycles. The first kappa shape index (κ1) is 12.2. The van der Waals surface area contributed by atoms with Crippen LogP contribution in [0.5, 0.6) is 0 Å². The number of aliphatic hydroxyl groups is 2. The molecule has 0 aromatic carbocycles. The van der Waals surface area contributed by atoms with Gasteiger partial charge in [-0.25, -0.2) is 4.99 Å². The van der Waals surface area contributed by atoms with Crippen molar-refractivity contribution in [1.29, 1.82) is 0 Å². The van der Waals surface area contributed by atoms with Crippen LogP contribution >= 0.6 is 11.8 Å². The van der Waals surface area contributed by atoms with Gasteiger partial charge >= 0.3 is 0 Å². The molecule has 1 aliphatic carbocycles. The van der Waals surface area contributed by atoms with Crippen molar-refractivity contribution in [2.45, 2.75) is 49.3 Å². The van der Waals surface area contributed by atoms with Crippen molar-refractivity contribution in [2.24, 2.45) is 10.7 Å². The zero-order chi connectivity index (χ0) is 11.8. The first-order chi connectivity index (χ1) is 7.49. The van der Waals surface area contributed by atoms with Crippen molar-refractivity contribution in [3.05, 3.63) is 0 Å². The van der Waals surface area contributed by atoms with E-state index in [-0.39, 0.29) is 11.2 Å². The van der Waals surface area contributed by atoms with Crippen LogP contribution in [0.1, 0.15) is 32.6 Å². The van der Waals surface area contributed by atoms with Gasteiger partial charge in [0.1, 0.15) is 0 Å². The lowest BCUT2D eigenvalue weighted by atomic mass is 9.85. The average molecular weight is 245 g/mol. The second-order valence-corrected chi connectivity index (χ2v) is 5.84. The van der Waals surface area contributed by atoms with E-state index in [1.807, 2.05) is 0 Å². The molecular formula is C10H19N3O2S. The quantitative estimate of drug-likeness (QED) is 0.561. The third kappa shape index (κ3) is 1.95. The number of aliphatic imine (C=N–C) groups is 1. The Bertz CT molecular complexity index is 312. The van der Waals surface area contributed by atoms with Crippen molar-refractivity contribution in [3.8, 4) is 0 Å². The van der Waals surface area contributed by atoms with Crippen molar-refractivity contribution in [3.63, 3.8) is 0 Å². The number of hydrogen-bond donors (Lipinski definition) is 4. The number of nitrogens with two attached hydrogens (primary N) is 1. The van der Waals surface area contributed by atoms with E-state index in [9.17, 15) is 10.2 Å². The summed E-state index contributed by atoms with van der Waals surface area (Å²) < 4.78 is 0. The summed E-state index contributed by atoms with van der Waals surface area (Å²) in [5.41, 5.74) is 4.20. The van der Waals surface area contributed by atoms with Gasteiger partial charge in [0.2, 0.25) is 0 Å². The Morgan fingerprint density at radius 1 is 1.62 bits per heavy atom. The molecule has 1 saturated carbocycles. The largest absolute Gasteiger partial charge is 0.378 e. The highest BCUT2D eigenvalue weighted by Gasteiger charge is 2.58. The van der Waals surface area contributed by atoms with E-state index >= 15 is 0 Å². The molecule has 1 aliphatic heterocycles. The summed E-state index contributed by atoms with van der Waals surface area (Å²) >= 11 is 1.08. The van der Waals surface area contributed by atoms with E-state index in [2.05, 4.69) is 17.2 Å². The molecule has 1 heterocycles. The Labute approximate surface area is 99.5 Å². The molecule has 6 heteroatoms. The summed E-state index contributed by atoms with van der Waals surface area (Å²) in [6.07, 6.45) is 2.82. The van der Waals surface area contributed by atoms with E-state index in [1.54, 1.807) is 0 Å². The minimum absolute atomic E-state index is 0.235. The molecule has 1 fully saturated rings. The fourth-order valence-electron chi connectivity index (χ4n) is 2.34. The number of hydrogen-bond acceptors (Lipinski definition) is 6. The van der Waals surface area contributed by atoms with E-state index in [4.69, 9.17) is 5.73 Å².